The molecule has 0 fully saturated rings. The van der Waals surface area contributed by atoms with Crippen molar-refractivity contribution in [2.75, 3.05) is 11.0 Å². The molecule has 18 heavy (non-hydrogen) atoms. The third kappa shape index (κ3) is 4.68. The first kappa shape index (κ1) is 17.0. The number of rotatable bonds is 3. The summed E-state index contributed by atoms with van der Waals surface area (Å²) in [7, 11) is -8.26. The van der Waals surface area contributed by atoms with Crippen LogP contribution in [0, 0.1) is 11.3 Å². The van der Waals surface area contributed by atoms with E-state index >= 15 is 0 Å². The van der Waals surface area contributed by atoms with E-state index in [9.17, 15) is 21.4 Å². The molecule has 10 heteroatoms. The third-order valence-electron chi connectivity index (χ3n) is 1.70. The predicted octanol–water partition coefficient (Wildman–Crippen LogP) is -3.16. The average molecular weight is 282 g/mol. The van der Waals surface area contributed by atoms with E-state index in [1.807, 2.05) is 4.72 Å². The van der Waals surface area contributed by atoms with Crippen molar-refractivity contribution in [3.63, 3.8) is 0 Å². The molecule has 0 unspecified atom stereocenters. The number of nitriles is 1. The van der Waals surface area contributed by atoms with Gasteiger partial charge in [0, 0.05) is 0 Å². The van der Waals surface area contributed by atoms with Gasteiger partial charge in [-0.3, -0.25) is 4.72 Å². The van der Waals surface area contributed by atoms with Crippen LogP contribution in [0.5, 0.6) is 0 Å². The summed E-state index contributed by atoms with van der Waals surface area (Å²) in [5, 5.41) is 8.72. The monoisotopic (exact) mass is 282 g/mol. The summed E-state index contributed by atoms with van der Waals surface area (Å²) in [5.74, 6) is 0. The molecule has 7 nitrogen and oxygen atoms in total. The Morgan fingerprint density at radius 3 is 2.22 bits per heavy atom. The minimum absolute atomic E-state index is 0. The molecule has 0 aliphatic heterocycles. The van der Waals surface area contributed by atoms with Crippen molar-refractivity contribution in [2.24, 2.45) is 0 Å². The zero-order valence-electron chi connectivity index (χ0n) is 9.54. The van der Waals surface area contributed by atoms with Gasteiger partial charge in [-0.25, -0.2) is 16.8 Å². The Kier molecular flexibility index (Phi) is 5.41. The molecule has 92 valence electrons. The van der Waals surface area contributed by atoms with E-state index in [1.165, 1.54) is 0 Å². The van der Waals surface area contributed by atoms with Gasteiger partial charge in [-0.15, -0.1) is 0 Å². The summed E-state index contributed by atoms with van der Waals surface area (Å²) < 4.78 is 56.0. The first-order valence-electron chi connectivity index (χ1n) is 4.11. The molecule has 1 rings (SSSR count). The number of nitrogens with one attached hydrogen (secondary N) is 1. The van der Waals surface area contributed by atoms with E-state index in [0.29, 0.717) is 0 Å². The second kappa shape index (κ2) is 5.74. The van der Waals surface area contributed by atoms with E-state index in [-0.39, 0.29) is 30.1 Å². The fourth-order valence-corrected chi connectivity index (χ4v) is 2.13. The molecule has 0 spiro atoms. The summed E-state index contributed by atoms with van der Waals surface area (Å²) in [4.78, 5) is -0.590. The van der Waals surface area contributed by atoms with Crippen molar-refractivity contribution in [3.05, 3.63) is 23.8 Å². The van der Waals surface area contributed by atoms with Gasteiger partial charge >= 0.3 is 18.9 Å². The van der Waals surface area contributed by atoms with Crippen molar-refractivity contribution in [1.29, 1.82) is 5.26 Å². The minimum atomic E-state index is -4.67. The van der Waals surface area contributed by atoms with Crippen LogP contribution in [0.4, 0.5) is 5.69 Å². The van der Waals surface area contributed by atoms with E-state index in [4.69, 9.17) is 5.26 Å². The van der Waals surface area contributed by atoms with Crippen LogP contribution in [0.2, 0.25) is 0 Å². The molecule has 0 radical (unpaired) electrons. The molecular formula is C8H7LiN2O5S2. The number of benzene rings is 1. The molecule has 0 atom stereocenters. The van der Waals surface area contributed by atoms with Crippen molar-refractivity contribution < 1.29 is 40.2 Å². The first-order chi connectivity index (χ1) is 7.63. The van der Waals surface area contributed by atoms with Gasteiger partial charge in [-0.2, -0.15) is 5.26 Å². The molecule has 1 aromatic rings. The first-order valence-corrected chi connectivity index (χ1v) is 7.41. The number of sulfonamides is 1. The molecule has 1 N–H and O–H groups in total. The van der Waals surface area contributed by atoms with E-state index < -0.39 is 25.0 Å². The Morgan fingerprint density at radius 2 is 1.83 bits per heavy atom. The number of nitrogens with zero attached hydrogens (tertiary/aromatic N) is 1. The van der Waals surface area contributed by atoms with Gasteiger partial charge in [0.15, 0.2) is 0 Å². The smallest absolute Gasteiger partial charge is 0.744 e. The second-order valence-electron chi connectivity index (χ2n) is 3.15. The van der Waals surface area contributed by atoms with Crippen LogP contribution < -0.4 is 23.6 Å². The maximum absolute atomic E-state index is 11.0. The topological polar surface area (TPSA) is 127 Å². The number of hydrogen-bond donors (Lipinski definition) is 1. The summed E-state index contributed by atoms with van der Waals surface area (Å²) >= 11 is 0. The van der Waals surface area contributed by atoms with E-state index in [0.717, 1.165) is 24.5 Å². The number of anilines is 1. The van der Waals surface area contributed by atoms with Gasteiger partial charge in [0.25, 0.3) is 0 Å². The van der Waals surface area contributed by atoms with Gasteiger partial charge in [0.2, 0.25) is 10.0 Å². The molecule has 1 aromatic carbocycles. The SMILES string of the molecule is CS(=O)(=O)Nc1ccc(S(=O)(=O)[O-])cc1C#N.[Li+]. The second-order valence-corrected chi connectivity index (χ2v) is 6.28. The molecule has 0 aromatic heterocycles. The Bertz CT molecular complexity index is 691. The largest absolute Gasteiger partial charge is 1.00 e. The van der Waals surface area contributed by atoms with Gasteiger partial charge in [-0.1, -0.05) is 0 Å². The summed E-state index contributed by atoms with van der Waals surface area (Å²) in [6.45, 7) is 0. The minimum Gasteiger partial charge on any atom is -0.744 e. The Labute approximate surface area is 117 Å². The van der Waals surface area contributed by atoms with Crippen LogP contribution in [-0.2, 0) is 20.1 Å². The summed E-state index contributed by atoms with van der Waals surface area (Å²) in [6, 6.07) is 4.39. The molecular weight excluding hydrogens is 275 g/mol. The van der Waals surface area contributed by atoms with Crippen molar-refractivity contribution in [3.8, 4) is 6.07 Å². The van der Waals surface area contributed by atoms with Crippen LogP contribution in [0.3, 0.4) is 0 Å². The fraction of sp³-hybridized carbons (Fsp3) is 0.125. The van der Waals surface area contributed by atoms with Crippen molar-refractivity contribution in [1.82, 2.24) is 0 Å². The molecule has 0 aliphatic rings. The van der Waals surface area contributed by atoms with Crippen LogP contribution in [0.1, 0.15) is 5.56 Å². The Balaban J connectivity index is 0.00000289. The third-order valence-corrected chi connectivity index (χ3v) is 3.12. The molecule has 0 bridgehead atoms. The van der Waals surface area contributed by atoms with Crippen molar-refractivity contribution in [2.45, 2.75) is 4.90 Å². The maximum Gasteiger partial charge on any atom is 1.00 e. The van der Waals surface area contributed by atoms with Crippen LogP contribution in [0.15, 0.2) is 23.1 Å². The van der Waals surface area contributed by atoms with Crippen LogP contribution in [-0.4, -0.2) is 27.6 Å². The molecule has 0 saturated heterocycles. The van der Waals surface area contributed by atoms with E-state index in [2.05, 4.69) is 0 Å². The zero-order valence-corrected chi connectivity index (χ0v) is 11.2. The summed E-state index contributed by atoms with van der Waals surface area (Å²) in [5.41, 5.74) is -0.324. The van der Waals surface area contributed by atoms with Gasteiger partial charge < -0.3 is 4.55 Å². The maximum atomic E-state index is 11.0. The predicted molar refractivity (Wildman–Crippen MR) is 57.6 cm³/mol. The summed E-state index contributed by atoms with van der Waals surface area (Å²) in [6.07, 6.45) is 0.881. The molecule has 0 heterocycles. The molecule has 0 aliphatic carbocycles. The fourth-order valence-electron chi connectivity index (χ4n) is 1.06. The zero-order chi connectivity index (χ0) is 13.3. The van der Waals surface area contributed by atoms with E-state index in [1.54, 1.807) is 6.07 Å². The quantitative estimate of drug-likeness (QED) is 0.460. The number of hydrogen-bond acceptors (Lipinski definition) is 6. The van der Waals surface area contributed by atoms with Gasteiger partial charge in [0.05, 0.1) is 22.4 Å². The van der Waals surface area contributed by atoms with Crippen LogP contribution in [0.25, 0.3) is 0 Å². The van der Waals surface area contributed by atoms with Crippen LogP contribution >= 0.6 is 0 Å². The van der Waals surface area contributed by atoms with Gasteiger partial charge in [0.1, 0.15) is 16.2 Å². The Morgan fingerprint density at radius 1 is 1.28 bits per heavy atom. The Hall–Kier alpha value is -1.03. The molecule has 0 saturated carbocycles. The molecule has 0 amide bonds. The standard InChI is InChI=1S/C8H8N2O5S2.Li/c1-16(11,12)10-8-3-2-7(17(13,14)15)4-6(8)5-9;/h2-4,10H,1H3,(H,13,14,15);/q;+1/p-1. The van der Waals surface area contributed by atoms with Crippen molar-refractivity contribution >= 4 is 25.8 Å². The van der Waals surface area contributed by atoms with Gasteiger partial charge in [-0.05, 0) is 18.2 Å². The normalized spacial score (nSPS) is 11.2. The average Bonchev–Trinajstić information content (AvgIpc) is 2.14.